The zero-order chi connectivity index (χ0) is 32.7. The van der Waals surface area contributed by atoms with Crippen molar-refractivity contribution in [1.82, 2.24) is 20.0 Å². The number of aliphatic hydroxyl groups is 1. The van der Waals surface area contributed by atoms with Crippen molar-refractivity contribution in [3.63, 3.8) is 0 Å². The minimum absolute atomic E-state index is 0.136. The molecule has 252 valence electrons. The lowest BCUT2D eigenvalue weighted by atomic mass is 9.70. The smallest absolute Gasteiger partial charge is 0.312 e. The minimum Gasteiger partial charge on any atom is -0.460 e. The lowest BCUT2D eigenvalue weighted by Crippen LogP contribution is -2.59. The maximum Gasteiger partial charge on any atom is 0.312 e. The molecule has 0 aromatic rings. The van der Waals surface area contributed by atoms with Gasteiger partial charge in [-0.3, -0.25) is 24.1 Å². The fraction of sp³-hybridized carbons (Fsp3) is 0.758. The second kappa shape index (κ2) is 15.7. The Morgan fingerprint density at radius 1 is 1.20 bits per heavy atom. The molecule has 4 aliphatic rings. The summed E-state index contributed by atoms with van der Waals surface area (Å²) in [5, 5.41) is 13.3. The maximum absolute atomic E-state index is 14.6. The van der Waals surface area contributed by atoms with E-state index in [-0.39, 0.29) is 36.8 Å². The highest BCUT2D eigenvalue weighted by Crippen LogP contribution is 2.59. The van der Waals surface area contributed by atoms with E-state index in [0.717, 1.165) is 13.1 Å². The quantitative estimate of drug-likeness (QED) is 0.179. The monoisotopic (exact) mass is 632 g/mol. The van der Waals surface area contributed by atoms with E-state index in [0.29, 0.717) is 65.0 Å². The molecule has 4 heterocycles. The van der Waals surface area contributed by atoms with Crippen molar-refractivity contribution >= 4 is 23.7 Å². The third-order valence-electron chi connectivity index (χ3n) is 9.52. The summed E-state index contributed by atoms with van der Waals surface area (Å²) < 4.78 is 17.8. The second-order valence-corrected chi connectivity index (χ2v) is 13.2. The van der Waals surface area contributed by atoms with E-state index in [1.54, 1.807) is 24.0 Å². The zero-order valence-corrected chi connectivity index (χ0v) is 27.2. The molecule has 4 rings (SSSR count). The highest BCUT2D eigenvalue weighted by Gasteiger charge is 2.75. The van der Waals surface area contributed by atoms with E-state index in [1.165, 1.54) is 4.90 Å². The van der Waals surface area contributed by atoms with Gasteiger partial charge in [0.15, 0.2) is 0 Å². The van der Waals surface area contributed by atoms with Gasteiger partial charge >= 0.3 is 5.97 Å². The summed E-state index contributed by atoms with van der Waals surface area (Å²) in [5.41, 5.74) is -1.20. The summed E-state index contributed by atoms with van der Waals surface area (Å²) in [7, 11) is 0. The Bertz CT molecular complexity index is 1090. The van der Waals surface area contributed by atoms with Gasteiger partial charge in [-0.25, -0.2) is 0 Å². The third kappa shape index (κ3) is 7.61. The van der Waals surface area contributed by atoms with E-state index in [9.17, 15) is 24.3 Å². The minimum atomic E-state index is -1.20. The normalized spacial score (nSPS) is 28.9. The van der Waals surface area contributed by atoms with Gasteiger partial charge in [-0.2, -0.15) is 0 Å². The molecular weight excluding hydrogens is 580 g/mol. The predicted octanol–water partition coefficient (Wildman–Crippen LogP) is 1.13. The molecule has 45 heavy (non-hydrogen) atoms. The number of aliphatic hydroxyl groups excluding tert-OH is 1. The maximum atomic E-state index is 14.6. The fourth-order valence-electron chi connectivity index (χ4n) is 7.46. The number of hydrogen-bond acceptors (Lipinski definition) is 9. The van der Waals surface area contributed by atoms with Gasteiger partial charge in [-0.05, 0) is 38.5 Å². The van der Waals surface area contributed by atoms with Crippen LogP contribution in [0.15, 0.2) is 25.3 Å². The predicted molar refractivity (Wildman–Crippen MR) is 167 cm³/mol. The van der Waals surface area contributed by atoms with Crippen molar-refractivity contribution in [1.29, 1.82) is 0 Å². The Labute approximate surface area is 267 Å². The number of nitrogens with zero attached hydrogens (tertiary/aromatic N) is 3. The lowest BCUT2D eigenvalue weighted by molar-refractivity contribution is -0.160. The molecule has 4 aliphatic heterocycles. The third-order valence-corrected chi connectivity index (χ3v) is 9.52. The number of amides is 3. The van der Waals surface area contributed by atoms with Crippen LogP contribution in [0.3, 0.4) is 0 Å². The molecule has 4 saturated heterocycles. The van der Waals surface area contributed by atoms with Crippen molar-refractivity contribution in [3.8, 4) is 0 Å². The highest BCUT2D eigenvalue weighted by atomic mass is 16.6. The lowest BCUT2D eigenvalue weighted by Gasteiger charge is -2.40. The molecule has 0 aromatic heterocycles. The molecule has 2 N–H and O–H groups in total. The number of carbonyl (C=O) groups excluding carboxylic acids is 4. The molecule has 0 radical (unpaired) electrons. The first-order chi connectivity index (χ1) is 21.6. The van der Waals surface area contributed by atoms with E-state index < -0.39 is 47.7 Å². The van der Waals surface area contributed by atoms with Gasteiger partial charge in [0.2, 0.25) is 17.7 Å². The summed E-state index contributed by atoms with van der Waals surface area (Å²) in [6, 6.07) is -1.60. The van der Waals surface area contributed by atoms with Gasteiger partial charge in [0.25, 0.3) is 0 Å². The van der Waals surface area contributed by atoms with Crippen molar-refractivity contribution < 1.29 is 38.5 Å². The van der Waals surface area contributed by atoms with Crippen LogP contribution in [0.25, 0.3) is 0 Å². The second-order valence-electron chi connectivity index (χ2n) is 13.2. The number of rotatable bonds is 17. The number of hydrogen-bond donors (Lipinski definition) is 2. The molecule has 0 aromatic carbocycles. The summed E-state index contributed by atoms with van der Waals surface area (Å²) >= 11 is 0. The Kier molecular flexibility index (Phi) is 12.2. The molecule has 0 saturated carbocycles. The molecule has 1 spiro atoms. The van der Waals surface area contributed by atoms with E-state index in [4.69, 9.17) is 14.2 Å². The standard InChI is InChI=1S/C33H52N4O8/c1-6-8-9-26(39)34-20-23(5)44-32(42)27-25-10-11-33(45-25)28(27)30(40)37(24(21-38)19-22(3)4)29(33)31(41)36(12-7-2)14-13-35-15-17-43-18-16-35/h6-7,22-25,27-29,38H,1-2,8-21H2,3-5H3,(H,34,39)/t23-,24+,25+,27-,28-,29+,33-/m0/s1. The van der Waals surface area contributed by atoms with Crippen molar-refractivity contribution in [2.75, 3.05) is 59.1 Å². The van der Waals surface area contributed by atoms with Crippen molar-refractivity contribution in [2.24, 2.45) is 17.8 Å². The van der Waals surface area contributed by atoms with E-state index in [2.05, 4.69) is 23.4 Å². The van der Waals surface area contributed by atoms with Crippen LogP contribution < -0.4 is 5.32 Å². The van der Waals surface area contributed by atoms with E-state index >= 15 is 0 Å². The van der Waals surface area contributed by atoms with Gasteiger partial charge in [-0.15, -0.1) is 13.2 Å². The summed E-state index contributed by atoms with van der Waals surface area (Å²) in [6.07, 6.45) is 4.45. The molecular formula is C33H52N4O8. The molecule has 7 atom stereocenters. The first-order valence-corrected chi connectivity index (χ1v) is 16.5. The Morgan fingerprint density at radius 3 is 2.58 bits per heavy atom. The molecule has 12 heteroatoms. The Balaban J connectivity index is 1.58. The average molecular weight is 633 g/mol. The molecule has 2 bridgehead atoms. The molecule has 12 nitrogen and oxygen atoms in total. The number of morpholine rings is 1. The zero-order valence-electron chi connectivity index (χ0n) is 27.2. The number of esters is 1. The van der Waals surface area contributed by atoms with Gasteiger partial charge in [0.1, 0.15) is 17.7 Å². The largest absolute Gasteiger partial charge is 0.460 e. The van der Waals surface area contributed by atoms with Crippen LogP contribution in [0.2, 0.25) is 0 Å². The van der Waals surface area contributed by atoms with E-state index in [1.807, 2.05) is 13.8 Å². The Morgan fingerprint density at radius 2 is 1.93 bits per heavy atom. The summed E-state index contributed by atoms with van der Waals surface area (Å²) in [4.78, 5) is 60.2. The average Bonchev–Trinajstić information content (AvgIpc) is 3.67. The van der Waals surface area contributed by atoms with Crippen LogP contribution in [0.1, 0.15) is 52.9 Å². The van der Waals surface area contributed by atoms with Crippen molar-refractivity contribution in [2.45, 2.75) is 82.8 Å². The van der Waals surface area contributed by atoms with Gasteiger partial charge < -0.3 is 34.4 Å². The topological polar surface area (TPSA) is 138 Å². The number of carbonyl (C=O) groups is 4. The van der Waals surface area contributed by atoms with Crippen LogP contribution in [-0.4, -0.2) is 132 Å². The van der Waals surface area contributed by atoms with Gasteiger partial charge in [0.05, 0.1) is 50.3 Å². The van der Waals surface area contributed by atoms with Crippen LogP contribution in [0, 0.1) is 17.8 Å². The van der Waals surface area contributed by atoms with Gasteiger partial charge in [0, 0.05) is 39.1 Å². The number of nitrogens with one attached hydrogen (secondary N) is 1. The highest BCUT2D eigenvalue weighted by molar-refractivity contribution is 5.98. The SMILES string of the molecule is C=CCCC(=O)NC[C@H](C)OC(=O)[C@@H]1[C@H]2C(=O)N([C@@H](CO)CC(C)C)[C@H](C(=O)N(CC=C)CCN3CCOCC3)[C@]23CC[C@H]1O3. The molecule has 4 fully saturated rings. The number of allylic oxidation sites excluding steroid dienone is 1. The first-order valence-electron chi connectivity index (χ1n) is 16.5. The van der Waals surface area contributed by atoms with Crippen LogP contribution >= 0.6 is 0 Å². The molecule has 0 aliphatic carbocycles. The van der Waals surface area contributed by atoms with Gasteiger partial charge in [-0.1, -0.05) is 26.0 Å². The van der Waals surface area contributed by atoms with Crippen LogP contribution in [0.4, 0.5) is 0 Å². The summed E-state index contributed by atoms with van der Waals surface area (Å²) in [5.74, 6) is -2.99. The first kappa shape index (κ1) is 35.1. The van der Waals surface area contributed by atoms with Crippen LogP contribution in [-0.2, 0) is 33.4 Å². The number of ether oxygens (including phenoxy) is 3. The Hall–Kier alpha value is -2.80. The van der Waals surface area contributed by atoms with Crippen molar-refractivity contribution in [3.05, 3.63) is 25.3 Å². The fourth-order valence-corrected chi connectivity index (χ4v) is 7.46. The van der Waals surface area contributed by atoms with Crippen LogP contribution in [0.5, 0.6) is 0 Å². The summed E-state index contributed by atoms with van der Waals surface area (Å²) in [6.45, 7) is 17.2. The molecule has 0 unspecified atom stereocenters. The molecule has 3 amide bonds. The number of fused-ring (bicyclic) bond motifs is 1. The number of likely N-dealkylation sites (tertiary alicyclic amines) is 1.